The Hall–Kier alpha value is -1.98. The molecule has 1 amide bonds. The second kappa shape index (κ2) is 8.41. The third-order valence-corrected chi connectivity index (χ3v) is 7.27. The van der Waals surface area contributed by atoms with Crippen molar-refractivity contribution in [2.24, 2.45) is 0 Å². The van der Waals surface area contributed by atoms with Crippen molar-refractivity contribution in [2.45, 2.75) is 48.9 Å². The number of amides is 1. The molecule has 2 heterocycles. The van der Waals surface area contributed by atoms with Crippen LogP contribution in [0.2, 0.25) is 0 Å². The van der Waals surface area contributed by atoms with Gasteiger partial charge in [-0.3, -0.25) is 4.79 Å². The molecule has 0 spiro atoms. The molecular weight excluding hydrogens is 378 g/mol. The fraction of sp³-hybridized carbons (Fsp3) is 0.458. The van der Waals surface area contributed by atoms with E-state index in [9.17, 15) is 4.79 Å². The molecule has 0 saturated carbocycles. The summed E-state index contributed by atoms with van der Waals surface area (Å²) in [5.74, 6) is 0.0300. The molecule has 2 aromatic rings. The van der Waals surface area contributed by atoms with Crippen LogP contribution < -0.4 is 10.2 Å². The molecule has 0 aromatic heterocycles. The third kappa shape index (κ3) is 4.03. The molecular formula is C24H32N3OS+. The Labute approximate surface area is 178 Å². The molecule has 154 valence electrons. The van der Waals surface area contributed by atoms with Crippen LogP contribution in [0.3, 0.4) is 0 Å². The van der Waals surface area contributed by atoms with E-state index < -0.39 is 0 Å². The molecule has 1 unspecified atom stereocenters. The molecule has 2 aliphatic heterocycles. The lowest BCUT2D eigenvalue weighted by atomic mass is 10.1. The van der Waals surface area contributed by atoms with Gasteiger partial charge in [-0.2, -0.15) is 0 Å². The summed E-state index contributed by atoms with van der Waals surface area (Å²) in [5.41, 5.74) is 3.08. The first kappa shape index (κ1) is 20.3. The predicted molar refractivity (Wildman–Crippen MR) is 121 cm³/mol. The van der Waals surface area contributed by atoms with Crippen molar-refractivity contribution in [2.75, 3.05) is 38.1 Å². The Morgan fingerprint density at radius 1 is 1.14 bits per heavy atom. The Balaban J connectivity index is 1.77. The Bertz CT molecular complexity index is 891. The number of benzene rings is 2. The van der Waals surface area contributed by atoms with E-state index in [1.165, 1.54) is 41.4 Å². The number of quaternary nitrogens is 1. The molecule has 1 saturated heterocycles. The topological polar surface area (TPSA) is 32.3 Å². The summed E-state index contributed by atoms with van der Waals surface area (Å²) < 4.78 is 1.12. The van der Waals surface area contributed by atoms with Crippen LogP contribution in [0.1, 0.15) is 43.5 Å². The molecule has 2 aromatic carbocycles. The second-order valence-electron chi connectivity index (χ2n) is 8.65. The molecule has 1 N–H and O–H groups in total. The van der Waals surface area contributed by atoms with Gasteiger partial charge in [0.05, 0.1) is 49.7 Å². The van der Waals surface area contributed by atoms with Gasteiger partial charge in [0.15, 0.2) is 0 Å². The number of likely N-dealkylation sites (tertiary alicyclic amines) is 1. The number of hydrogen-bond acceptors (Lipinski definition) is 3. The van der Waals surface area contributed by atoms with Crippen molar-refractivity contribution in [3.63, 3.8) is 0 Å². The van der Waals surface area contributed by atoms with Gasteiger partial charge in [0.1, 0.15) is 0 Å². The maximum absolute atomic E-state index is 13.0. The van der Waals surface area contributed by atoms with E-state index in [2.05, 4.69) is 61.4 Å². The minimum absolute atomic E-state index is 0.0300. The number of rotatable bonds is 6. The largest absolute Gasteiger partial charge is 0.352 e. The van der Waals surface area contributed by atoms with Crippen LogP contribution in [-0.4, -0.2) is 49.7 Å². The lowest BCUT2D eigenvalue weighted by molar-refractivity contribution is -0.898. The van der Waals surface area contributed by atoms with Gasteiger partial charge in [0.2, 0.25) is 0 Å². The summed E-state index contributed by atoms with van der Waals surface area (Å²) in [5, 5.41) is 3.08. The van der Waals surface area contributed by atoms with Crippen molar-refractivity contribution in [3.8, 4) is 0 Å². The van der Waals surface area contributed by atoms with Crippen LogP contribution in [0.25, 0.3) is 0 Å². The minimum Gasteiger partial charge on any atom is -0.352 e. The summed E-state index contributed by atoms with van der Waals surface area (Å²) in [4.78, 5) is 17.9. The van der Waals surface area contributed by atoms with Crippen molar-refractivity contribution in [1.29, 1.82) is 0 Å². The molecule has 0 bridgehead atoms. The molecule has 4 rings (SSSR count). The van der Waals surface area contributed by atoms with Gasteiger partial charge in [-0.15, -0.1) is 0 Å². The Morgan fingerprint density at radius 2 is 1.86 bits per heavy atom. The van der Waals surface area contributed by atoms with Crippen molar-refractivity contribution in [3.05, 3.63) is 48.0 Å². The Kier molecular flexibility index (Phi) is 5.88. The first-order valence-corrected chi connectivity index (χ1v) is 11.6. The van der Waals surface area contributed by atoms with Crippen LogP contribution >= 0.6 is 11.8 Å². The van der Waals surface area contributed by atoms with Crippen LogP contribution in [0.5, 0.6) is 0 Å². The maximum atomic E-state index is 13.0. The lowest BCUT2D eigenvalue weighted by Gasteiger charge is -2.41. The third-order valence-electron chi connectivity index (χ3n) is 6.16. The van der Waals surface area contributed by atoms with Gasteiger partial charge in [-0.25, -0.2) is 0 Å². The quantitative estimate of drug-likeness (QED) is 0.676. The second-order valence-corrected chi connectivity index (χ2v) is 9.74. The number of carbonyl (C=O) groups excluding carboxylic acids is 1. The first-order chi connectivity index (χ1) is 14.0. The molecule has 1 fully saturated rings. The monoisotopic (exact) mass is 410 g/mol. The molecule has 0 radical (unpaired) electrons. The van der Waals surface area contributed by atoms with E-state index in [1.54, 1.807) is 11.8 Å². The van der Waals surface area contributed by atoms with Gasteiger partial charge >= 0.3 is 0 Å². The predicted octanol–water partition coefficient (Wildman–Crippen LogP) is 5.06. The number of anilines is 2. The summed E-state index contributed by atoms with van der Waals surface area (Å²) in [7, 11) is 2.38. The highest BCUT2D eigenvalue weighted by Crippen LogP contribution is 2.50. The van der Waals surface area contributed by atoms with Crippen molar-refractivity contribution < 1.29 is 9.28 Å². The van der Waals surface area contributed by atoms with E-state index >= 15 is 0 Å². The van der Waals surface area contributed by atoms with E-state index in [4.69, 9.17) is 0 Å². The van der Waals surface area contributed by atoms with E-state index in [0.717, 1.165) is 28.7 Å². The summed E-state index contributed by atoms with van der Waals surface area (Å²) >= 11 is 1.77. The highest BCUT2D eigenvalue weighted by atomic mass is 32.2. The van der Waals surface area contributed by atoms with Gasteiger partial charge in [0, 0.05) is 29.2 Å². The zero-order chi connectivity index (χ0) is 20.4. The number of nitrogens with one attached hydrogen (secondary N) is 1. The molecule has 4 nitrogen and oxygen atoms in total. The normalized spacial score (nSPS) is 18.1. The number of carbonyl (C=O) groups is 1. The van der Waals surface area contributed by atoms with E-state index in [1.807, 2.05) is 12.1 Å². The van der Waals surface area contributed by atoms with Gasteiger partial charge in [-0.05, 0) is 37.6 Å². The number of fused-ring (bicyclic) bond motifs is 2. The Morgan fingerprint density at radius 3 is 2.62 bits per heavy atom. The number of para-hydroxylation sites is 2. The smallest absolute Gasteiger partial charge is 0.253 e. The molecule has 2 aliphatic rings. The van der Waals surface area contributed by atoms with Crippen LogP contribution in [-0.2, 0) is 0 Å². The van der Waals surface area contributed by atoms with Gasteiger partial charge in [-0.1, -0.05) is 36.9 Å². The molecule has 5 heteroatoms. The highest BCUT2D eigenvalue weighted by molar-refractivity contribution is 7.99. The first-order valence-electron chi connectivity index (χ1n) is 10.8. The summed E-state index contributed by atoms with van der Waals surface area (Å²) in [6.07, 6.45) is 3.57. The number of hydrogen-bond donors (Lipinski definition) is 1. The van der Waals surface area contributed by atoms with Gasteiger partial charge in [0.25, 0.3) is 5.91 Å². The number of likely N-dealkylation sites (N-methyl/N-ethyl adjacent to an activating group) is 1. The molecule has 0 aliphatic carbocycles. The molecule has 29 heavy (non-hydrogen) atoms. The average molecular weight is 411 g/mol. The standard InChI is InChI=1S/C24H31N3OS/c1-4-14-25-24(28)19-10-9-13-22-23(19)26(20-11-5-6-12-21(20)29-22)18(2)17-27(3)15-7-8-16-27/h5-6,9-13,18H,4,7-8,14-17H2,1-3H3/p+1. The zero-order valence-electron chi connectivity index (χ0n) is 17.8. The summed E-state index contributed by atoms with van der Waals surface area (Å²) in [6, 6.07) is 15.0. The maximum Gasteiger partial charge on any atom is 0.253 e. The minimum atomic E-state index is 0.0300. The van der Waals surface area contributed by atoms with Crippen LogP contribution in [0, 0.1) is 0 Å². The van der Waals surface area contributed by atoms with Crippen molar-refractivity contribution >= 4 is 29.0 Å². The lowest BCUT2D eigenvalue weighted by Crippen LogP contribution is -2.50. The van der Waals surface area contributed by atoms with Crippen LogP contribution in [0.15, 0.2) is 52.3 Å². The fourth-order valence-electron chi connectivity index (χ4n) is 4.81. The number of nitrogens with zero attached hydrogens (tertiary/aromatic N) is 2. The van der Waals surface area contributed by atoms with Crippen LogP contribution in [0.4, 0.5) is 11.4 Å². The van der Waals surface area contributed by atoms with E-state index in [0.29, 0.717) is 12.6 Å². The van der Waals surface area contributed by atoms with Crippen molar-refractivity contribution in [1.82, 2.24) is 5.32 Å². The summed E-state index contributed by atoms with van der Waals surface area (Å²) in [6.45, 7) is 8.70. The zero-order valence-corrected chi connectivity index (χ0v) is 18.6. The molecule has 1 atom stereocenters. The van der Waals surface area contributed by atoms with E-state index in [-0.39, 0.29) is 5.91 Å². The fourth-order valence-corrected chi connectivity index (χ4v) is 5.92. The highest BCUT2D eigenvalue weighted by Gasteiger charge is 2.36. The average Bonchev–Trinajstić information content (AvgIpc) is 3.15. The van der Waals surface area contributed by atoms with Gasteiger partial charge < -0.3 is 14.7 Å². The SMILES string of the molecule is CCCNC(=O)c1cccc2c1N(C(C)C[N+]1(C)CCCC1)c1ccccc1S2.